The molecule has 0 aliphatic rings. The Bertz CT molecular complexity index is 1880. The van der Waals surface area contributed by atoms with Gasteiger partial charge in [0.05, 0.1) is 46.2 Å². The van der Waals surface area contributed by atoms with Crippen LogP contribution in [0.4, 0.5) is 0 Å². The van der Waals surface area contributed by atoms with Crippen LogP contribution in [0, 0.1) is 13.8 Å². The Balaban J connectivity index is 1.80. The van der Waals surface area contributed by atoms with Crippen LogP contribution in [0.2, 0.25) is 0 Å². The number of hydrogen-bond acceptors (Lipinski definition) is 5. The molecule has 0 aliphatic carbocycles. The van der Waals surface area contributed by atoms with Crippen LogP contribution in [-0.2, 0) is 0 Å². The van der Waals surface area contributed by atoms with Gasteiger partial charge in [0, 0.05) is 21.4 Å². The third-order valence-electron chi connectivity index (χ3n) is 7.10. The number of aromatic nitrogens is 4. The Kier molecular flexibility index (Phi) is 7.96. The van der Waals surface area contributed by atoms with Gasteiger partial charge in [0.15, 0.2) is 0 Å². The maximum Gasteiger partial charge on any atom is 0.335 e. The Hall–Kier alpha value is -5.10. The van der Waals surface area contributed by atoms with E-state index in [2.05, 4.69) is 26.1 Å². The number of nitrogens with one attached hydrogen (secondary N) is 2. The number of carboxylic acids is 2. The number of ether oxygens (including phenoxy) is 1. The highest BCUT2D eigenvalue weighted by Gasteiger charge is 2.33. The van der Waals surface area contributed by atoms with Crippen LogP contribution in [-0.4, -0.2) is 48.3 Å². The zero-order valence-corrected chi connectivity index (χ0v) is 24.9. The van der Waals surface area contributed by atoms with E-state index in [0.717, 1.165) is 0 Å². The topological polar surface area (TPSA) is 159 Å². The molecule has 3 aromatic carbocycles. The maximum atomic E-state index is 14.2. The second kappa shape index (κ2) is 11.6. The van der Waals surface area contributed by atoms with E-state index in [0.29, 0.717) is 45.2 Å². The fourth-order valence-corrected chi connectivity index (χ4v) is 5.58. The molecule has 2 aromatic heterocycles. The van der Waals surface area contributed by atoms with E-state index in [-0.39, 0.29) is 22.3 Å². The number of halogens is 1. The van der Waals surface area contributed by atoms with Gasteiger partial charge < -0.3 is 14.9 Å². The molecule has 0 spiro atoms. The number of carbonyl (C=O) groups is 2. The zero-order chi connectivity index (χ0) is 31.0. The van der Waals surface area contributed by atoms with Crippen LogP contribution in [0.25, 0.3) is 11.4 Å². The van der Waals surface area contributed by atoms with Gasteiger partial charge in [-0.3, -0.25) is 19.8 Å². The van der Waals surface area contributed by atoms with E-state index in [1.807, 2.05) is 6.92 Å². The fraction of sp³-hybridized carbons (Fsp3) is 0.161. The second-order valence-corrected chi connectivity index (χ2v) is 10.8. The van der Waals surface area contributed by atoms with Gasteiger partial charge in [-0.15, -0.1) is 0 Å². The fourth-order valence-electron chi connectivity index (χ4n) is 5.21. The molecule has 0 saturated heterocycles. The molecule has 0 atom stereocenters. The normalized spacial score (nSPS) is 11.2. The minimum absolute atomic E-state index is 0.00771. The molecule has 0 saturated carbocycles. The van der Waals surface area contributed by atoms with Crippen molar-refractivity contribution >= 4 is 27.9 Å². The summed E-state index contributed by atoms with van der Waals surface area (Å²) >= 11 is 3.51. The number of aromatic carboxylic acids is 2. The Labute approximate surface area is 253 Å². The predicted octanol–water partition coefficient (Wildman–Crippen LogP) is 5.00. The lowest BCUT2D eigenvalue weighted by atomic mass is 9.84. The van der Waals surface area contributed by atoms with Crippen LogP contribution in [0.3, 0.4) is 0 Å². The number of aryl methyl sites for hydroxylation is 2. The van der Waals surface area contributed by atoms with E-state index in [1.54, 1.807) is 56.3 Å². The highest BCUT2D eigenvalue weighted by Crippen LogP contribution is 2.39. The first kappa shape index (κ1) is 29.4. The summed E-state index contributed by atoms with van der Waals surface area (Å²) in [5, 5.41) is 25.1. The molecular weight excluding hydrogens is 620 g/mol. The van der Waals surface area contributed by atoms with Crippen molar-refractivity contribution in [3.05, 3.63) is 131 Å². The number of carboxylic acid groups (broad SMARTS) is 2. The molecule has 0 bridgehead atoms. The molecular formula is C31H27BrN4O7. The molecule has 0 radical (unpaired) electrons. The van der Waals surface area contributed by atoms with Gasteiger partial charge in [-0.25, -0.2) is 19.0 Å². The lowest BCUT2D eigenvalue weighted by Crippen LogP contribution is -2.26. The van der Waals surface area contributed by atoms with E-state index in [9.17, 15) is 29.4 Å². The van der Waals surface area contributed by atoms with Crippen LogP contribution in [0.15, 0.2) is 80.8 Å². The van der Waals surface area contributed by atoms with Crippen molar-refractivity contribution in [2.75, 3.05) is 6.61 Å². The molecule has 0 fully saturated rings. The summed E-state index contributed by atoms with van der Waals surface area (Å²) in [7, 11) is 0. The number of hydrogen-bond donors (Lipinski definition) is 4. The average Bonchev–Trinajstić information content (AvgIpc) is 3.44. The molecule has 5 rings (SSSR count). The largest absolute Gasteiger partial charge is 0.494 e. The third-order valence-corrected chi connectivity index (χ3v) is 7.59. The molecule has 0 amide bonds. The van der Waals surface area contributed by atoms with E-state index >= 15 is 0 Å². The van der Waals surface area contributed by atoms with Crippen molar-refractivity contribution < 1.29 is 24.5 Å². The van der Waals surface area contributed by atoms with Crippen LogP contribution < -0.4 is 15.9 Å². The first-order valence-corrected chi connectivity index (χ1v) is 14.0. The quantitative estimate of drug-likeness (QED) is 0.175. The average molecular weight is 647 g/mol. The lowest BCUT2D eigenvalue weighted by Gasteiger charge is -2.20. The maximum absolute atomic E-state index is 14.2. The van der Waals surface area contributed by atoms with Gasteiger partial charge in [0.2, 0.25) is 0 Å². The summed E-state index contributed by atoms with van der Waals surface area (Å²) in [4.78, 5) is 51.6. The van der Waals surface area contributed by atoms with Crippen molar-refractivity contribution in [3.63, 3.8) is 0 Å². The molecule has 12 heteroatoms. The number of nitrogens with zero attached hydrogens (tertiary/aromatic N) is 2. The van der Waals surface area contributed by atoms with Gasteiger partial charge in [-0.05, 0) is 75.4 Å². The molecule has 0 unspecified atom stereocenters. The highest BCUT2D eigenvalue weighted by molar-refractivity contribution is 9.10. The molecule has 43 heavy (non-hydrogen) atoms. The minimum atomic E-state index is -1.14. The van der Waals surface area contributed by atoms with Gasteiger partial charge in [0.25, 0.3) is 11.1 Å². The molecule has 0 aliphatic heterocycles. The first-order valence-electron chi connectivity index (χ1n) is 13.2. The standard InChI is InChI=1S/C31H27BrN4O7/c1-4-43-24-12-11-20(32)15-23(24)27(25-16(2)33-35(28(25)37)21-9-5-7-18(13-21)30(39)40)26-17(3)34-36(29(26)38)22-10-6-8-19(14-22)31(41)42/h5-15,27,33-34H,4H2,1-3H3,(H,39,40)(H,41,42). The molecule has 11 nitrogen and oxygen atoms in total. The number of H-pyrrole nitrogens is 2. The number of benzene rings is 3. The highest BCUT2D eigenvalue weighted by atomic mass is 79.9. The van der Waals surface area contributed by atoms with Crippen LogP contribution in [0.1, 0.15) is 61.6 Å². The third kappa shape index (κ3) is 5.44. The smallest absolute Gasteiger partial charge is 0.335 e. The lowest BCUT2D eigenvalue weighted by molar-refractivity contribution is 0.0686. The zero-order valence-electron chi connectivity index (χ0n) is 23.3. The van der Waals surface area contributed by atoms with Crippen molar-refractivity contribution in [2.24, 2.45) is 0 Å². The van der Waals surface area contributed by atoms with E-state index in [4.69, 9.17) is 4.74 Å². The summed E-state index contributed by atoms with van der Waals surface area (Å²) < 4.78 is 9.15. The summed E-state index contributed by atoms with van der Waals surface area (Å²) in [6, 6.07) is 17.3. The number of aromatic amines is 2. The minimum Gasteiger partial charge on any atom is -0.494 e. The van der Waals surface area contributed by atoms with Crippen molar-refractivity contribution in [1.82, 2.24) is 19.6 Å². The van der Waals surface area contributed by atoms with Crippen molar-refractivity contribution in [3.8, 4) is 17.1 Å². The summed E-state index contributed by atoms with van der Waals surface area (Å²) in [6.45, 7) is 5.57. The SMILES string of the molecule is CCOc1ccc(Br)cc1C(c1c(C)[nH]n(-c2cccc(C(=O)O)c2)c1=O)c1c(C)[nH]n(-c2cccc(C(=O)O)c2)c1=O. The van der Waals surface area contributed by atoms with Crippen LogP contribution >= 0.6 is 15.9 Å². The summed E-state index contributed by atoms with van der Waals surface area (Å²) in [5.74, 6) is -2.74. The Morgan fingerprint density at radius 2 is 1.30 bits per heavy atom. The first-order chi connectivity index (χ1) is 20.5. The van der Waals surface area contributed by atoms with Gasteiger partial charge in [-0.2, -0.15) is 0 Å². The molecule has 5 aromatic rings. The van der Waals surface area contributed by atoms with E-state index in [1.165, 1.54) is 33.6 Å². The second-order valence-electron chi connectivity index (χ2n) is 9.84. The summed E-state index contributed by atoms with van der Waals surface area (Å²) in [5.41, 5.74) is 1.65. The van der Waals surface area contributed by atoms with Gasteiger partial charge >= 0.3 is 11.9 Å². The van der Waals surface area contributed by atoms with Gasteiger partial charge in [0.1, 0.15) is 5.75 Å². The summed E-state index contributed by atoms with van der Waals surface area (Å²) in [6.07, 6.45) is 0. The molecule has 4 N–H and O–H groups in total. The molecule has 2 heterocycles. The van der Waals surface area contributed by atoms with Crippen LogP contribution in [0.5, 0.6) is 5.75 Å². The Morgan fingerprint density at radius 1 is 0.814 bits per heavy atom. The van der Waals surface area contributed by atoms with E-state index < -0.39 is 29.0 Å². The predicted molar refractivity (Wildman–Crippen MR) is 162 cm³/mol. The monoisotopic (exact) mass is 646 g/mol. The van der Waals surface area contributed by atoms with Gasteiger partial charge in [-0.1, -0.05) is 28.1 Å². The molecule has 220 valence electrons. The van der Waals surface area contributed by atoms with Crippen molar-refractivity contribution in [2.45, 2.75) is 26.7 Å². The number of rotatable bonds is 9. The Morgan fingerprint density at radius 3 is 1.74 bits per heavy atom. The van der Waals surface area contributed by atoms with Crippen molar-refractivity contribution in [1.29, 1.82) is 0 Å².